The van der Waals surface area contributed by atoms with Crippen LogP contribution >= 0.6 is 0 Å². The first kappa shape index (κ1) is 5.03. The Hall–Kier alpha value is -0.120. The predicted molar refractivity (Wildman–Crippen MR) is 22.8 cm³/mol. The maximum Gasteiger partial charge on any atom is 0.109 e. The lowest BCUT2D eigenvalue weighted by Crippen LogP contribution is -2.18. The van der Waals surface area contributed by atoms with Gasteiger partial charge in [-0.2, -0.15) is 0 Å². The lowest BCUT2D eigenvalue weighted by Gasteiger charge is -1.97. The molecule has 0 bridgehead atoms. The molecule has 1 aliphatic rings. The van der Waals surface area contributed by atoms with Gasteiger partial charge in [0.15, 0.2) is 0 Å². The van der Waals surface area contributed by atoms with Gasteiger partial charge in [0.05, 0.1) is 13.2 Å². The Morgan fingerprint density at radius 1 is 1.86 bits per heavy atom. The van der Waals surface area contributed by atoms with Crippen LogP contribution in [0, 0.1) is 0 Å². The molecule has 3 nitrogen and oxygen atoms in total. The van der Waals surface area contributed by atoms with Gasteiger partial charge in [-0.05, 0) is 0 Å². The number of aliphatic hydroxyl groups is 2. The Morgan fingerprint density at radius 2 is 2.43 bits per heavy atom. The smallest absolute Gasteiger partial charge is 0.109 e. The van der Waals surface area contributed by atoms with Crippen molar-refractivity contribution in [2.45, 2.75) is 12.2 Å². The van der Waals surface area contributed by atoms with E-state index in [1.807, 2.05) is 0 Å². The Kier molecular flexibility index (Phi) is 1.27. The van der Waals surface area contributed by atoms with E-state index in [-0.39, 0.29) is 12.7 Å². The van der Waals surface area contributed by atoms with Crippen molar-refractivity contribution in [3.63, 3.8) is 0 Å². The van der Waals surface area contributed by atoms with Crippen LogP contribution in [0.15, 0.2) is 0 Å². The van der Waals surface area contributed by atoms with Gasteiger partial charge in [0.2, 0.25) is 0 Å². The van der Waals surface area contributed by atoms with E-state index >= 15 is 0 Å². The average molecular weight is 104 g/mol. The summed E-state index contributed by atoms with van der Waals surface area (Å²) < 4.78 is 4.65. The molecule has 1 fully saturated rings. The molecule has 0 radical (unpaired) electrons. The molecule has 0 aromatic rings. The molecular weight excluding hydrogens is 96.0 g/mol. The Balaban J connectivity index is 2.10. The van der Waals surface area contributed by atoms with E-state index in [9.17, 15) is 0 Å². The lowest BCUT2D eigenvalue weighted by atomic mass is 10.3. The monoisotopic (exact) mass is 104 g/mol. The molecule has 0 spiro atoms. The Morgan fingerprint density at radius 3 is 2.57 bits per heavy atom. The van der Waals surface area contributed by atoms with Crippen LogP contribution < -0.4 is 0 Å². The van der Waals surface area contributed by atoms with E-state index in [0.717, 1.165) is 0 Å². The van der Waals surface area contributed by atoms with Gasteiger partial charge in [-0.15, -0.1) is 0 Å². The molecule has 1 heterocycles. The summed E-state index contributed by atoms with van der Waals surface area (Å²) in [6.07, 6.45) is -0.731. The highest BCUT2D eigenvalue weighted by Gasteiger charge is 2.30. The fourth-order valence-electron chi connectivity index (χ4n) is 0.395. The summed E-state index contributed by atoms with van der Waals surface area (Å²) in [5, 5.41) is 16.8. The van der Waals surface area contributed by atoms with E-state index in [1.54, 1.807) is 0 Å². The van der Waals surface area contributed by atoms with E-state index in [0.29, 0.717) is 6.61 Å². The summed E-state index contributed by atoms with van der Waals surface area (Å²) in [6.45, 7) is 0.409. The first-order valence-corrected chi connectivity index (χ1v) is 2.25. The van der Waals surface area contributed by atoms with Crippen molar-refractivity contribution < 1.29 is 14.9 Å². The quantitative estimate of drug-likeness (QED) is 0.430. The molecule has 0 unspecified atom stereocenters. The van der Waals surface area contributed by atoms with Crippen LogP contribution in [0.5, 0.6) is 0 Å². The van der Waals surface area contributed by atoms with Gasteiger partial charge in [-0.3, -0.25) is 0 Å². The molecule has 1 saturated heterocycles. The summed E-state index contributed by atoms with van der Waals surface area (Å²) >= 11 is 0. The van der Waals surface area contributed by atoms with Gasteiger partial charge in [-0.25, -0.2) is 0 Å². The third kappa shape index (κ3) is 1.12. The van der Waals surface area contributed by atoms with Crippen molar-refractivity contribution >= 4 is 0 Å². The van der Waals surface area contributed by atoms with Crippen LogP contribution in [0.4, 0.5) is 0 Å². The van der Waals surface area contributed by atoms with Gasteiger partial charge in [0.25, 0.3) is 0 Å². The standard InChI is InChI=1S/C4H8O3/c5-1-3(6)4-2-7-4/h3-6H,1-2H2/t3-,4-/m0/s1. The number of epoxide rings is 1. The van der Waals surface area contributed by atoms with E-state index < -0.39 is 6.10 Å². The molecule has 0 amide bonds. The van der Waals surface area contributed by atoms with Gasteiger partial charge in [0, 0.05) is 0 Å². The van der Waals surface area contributed by atoms with Crippen molar-refractivity contribution in [2.75, 3.05) is 13.2 Å². The minimum absolute atomic E-state index is 0.0787. The maximum absolute atomic E-state index is 8.62. The van der Waals surface area contributed by atoms with Crippen LogP contribution in [0.3, 0.4) is 0 Å². The van der Waals surface area contributed by atoms with Crippen LogP contribution in [0.2, 0.25) is 0 Å². The highest BCUT2D eigenvalue weighted by Crippen LogP contribution is 2.12. The minimum Gasteiger partial charge on any atom is -0.394 e. The molecule has 7 heavy (non-hydrogen) atoms. The molecule has 2 atom stereocenters. The van der Waals surface area contributed by atoms with E-state index in [2.05, 4.69) is 4.74 Å². The van der Waals surface area contributed by atoms with Crippen molar-refractivity contribution in [3.05, 3.63) is 0 Å². The zero-order chi connectivity index (χ0) is 5.28. The van der Waals surface area contributed by atoms with Crippen LogP contribution in [-0.4, -0.2) is 35.6 Å². The minimum atomic E-state index is -0.653. The van der Waals surface area contributed by atoms with Gasteiger partial charge >= 0.3 is 0 Å². The van der Waals surface area contributed by atoms with Crippen molar-refractivity contribution in [1.29, 1.82) is 0 Å². The molecular formula is C4H8O3. The average Bonchev–Trinajstić information content (AvgIpc) is 2.44. The summed E-state index contributed by atoms with van der Waals surface area (Å²) in [4.78, 5) is 0. The second-order valence-electron chi connectivity index (χ2n) is 1.62. The fraction of sp³-hybridized carbons (Fsp3) is 1.00. The third-order valence-corrected chi connectivity index (χ3v) is 0.975. The summed E-state index contributed by atoms with van der Waals surface area (Å²) in [5.74, 6) is 0. The molecule has 3 heteroatoms. The third-order valence-electron chi connectivity index (χ3n) is 0.975. The summed E-state index contributed by atoms with van der Waals surface area (Å²) in [5.41, 5.74) is 0. The molecule has 0 aromatic carbocycles. The molecule has 1 aliphatic heterocycles. The Bertz CT molecular complexity index is 60.0. The topological polar surface area (TPSA) is 53.0 Å². The molecule has 0 saturated carbocycles. The van der Waals surface area contributed by atoms with Crippen LogP contribution in [0.25, 0.3) is 0 Å². The summed E-state index contributed by atoms with van der Waals surface area (Å²) in [6, 6.07) is 0. The van der Waals surface area contributed by atoms with Crippen molar-refractivity contribution in [1.82, 2.24) is 0 Å². The SMILES string of the molecule is OC[C@H](O)[C@@H]1CO1. The first-order valence-electron chi connectivity index (χ1n) is 2.25. The lowest BCUT2D eigenvalue weighted by molar-refractivity contribution is 0.0706. The normalized spacial score (nSPS) is 32.6. The predicted octanol–water partition coefficient (Wildman–Crippen LogP) is -1.26. The fourth-order valence-corrected chi connectivity index (χ4v) is 0.395. The first-order chi connectivity index (χ1) is 3.34. The van der Waals surface area contributed by atoms with Gasteiger partial charge < -0.3 is 14.9 Å². The molecule has 0 aromatic heterocycles. The number of rotatable bonds is 2. The number of ether oxygens (including phenoxy) is 1. The number of aliphatic hydroxyl groups excluding tert-OH is 2. The highest BCUT2D eigenvalue weighted by molar-refractivity contribution is 4.76. The summed E-state index contributed by atoms with van der Waals surface area (Å²) in [7, 11) is 0. The van der Waals surface area contributed by atoms with Crippen LogP contribution in [0.1, 0.15) is 0 Å². The largest absolute Gasteiger partial charge is 0.394 e. The number of hydrogen-bond acceptors (Lipinski definition) is 3. The highest BCUT2D eigenvalue weighted by atomic mass is 16.6. The second-order valence-corrected chi connectivity index (χ2v) is 1.62. The number of hydrogen-bond donors (Lipinski definition) is 2. The molecule has 0 aliphatic carbocycles. The zero-order valence-corrected chi connectivity index (χ0v) is 3.87. The maximum atomic E-state index is 8.62. The Labute approximate surface area is 41.5 Å². The zero-order valence-electron chi connectivity index (χ0n) is 3.87. The van der Waals surface area contributed by atoms with E-state index in [1.165, 1.54) is 0 Å². The van der Waals surface area contributed by atoms with Gasteiger partial charge in [0.1, 0.15) is 12.2 Å². The van der Waals surface area contributed by atoms with Crippen LogP contribution in [-0.2, 0) is 4.74 Å². The van der Waals surface area contributed by atoms with E-state index in [4.69, 9.17) is 10.2 Å². The molecule has 42 valence electrons. The molecule has 1 rings (SSSR count). The van der Waals surface area contributed by atoms with Crippen molar-refractivity contribution in [3.8, 4) is 0 Å². The molecule has 2 N–H and O–H groups in total. The van der Waals surface area contributed by atoms with Gasteiger partial charge in [-0.1, -0.05) is 0 Å². The second kappa shape index (κ2) is 1.78. The van der Waals surface area contributed by atoms with Crippen molar-refractivity contribution in [2.24, 2.45) is 0 Å².